The van der Waals surface area contributed by atoms with Crippen LogP contribution >= 0.6 is 0 Å². The van der Waals surface area contributed by atoms with Crippen LogP contribution < -0.4 is 10.2 Å². The smallest absolute Gasteiger partial charge is 0.275 e. The summed E-state index contributed by atoms with van der Waals surface area (Å²) in [4.78, 5) is 34.7. The number of aromatic nitrogens is 2. The third-order valence-corrected chi connectivity index (χ3v) is 4.56. The van der Waals surface area contributed by atoms with Gasteiger partial charge < -0.3 is 10.2 Å². The van der Waals surface area contributed by atoms with Crippen LogP contribution in [-0.4, -0.2) is 28.2 Å². The molecular weight excluding hydrogens is 340 g/mol. The Hall–Kier alpha value is -3.54. The average Bonchev–Trinajstić information content (AvgIpc) is 3.12. The Morgan fingerprint density at radius 3 is 2.67 bits per heavy atom. The summed E-state index contributed by atoms with van der Waals surface area (Å²) in [6.45, 7) is 2.33. The maximum Gasteiger partial charge on any atom is 0.275 e. The number of hydrogen-bond donors (Lipinski definition) is 1. The second-order valence-corrected chi connectivity index (χ2v) is 6.38. The van der Waals surface area contributed by atoms with Crippen LogP contribution in [0, 0.1) is 0 Å². The summed E-state index contributed by atoms with van der Waals surface area (Å²) >= 11 is 0. The van der Waals surface area contributed by atoms with Crippen LogP contribution in [0.25, 0.3) is 0 Å². The van der Waals surface area contributed by atoms with Gasteiger partial charge in [0.2, 0.25) is 0 Å². The van der Waals surface area contributed by atoms with Crippen molar-refractivity contribution in [3.8, 4) is 0 Å². The first-order valence-corrected chi connectivity index (χ1v) is 8.71. The van der Waals surface area contributed by atoms with Gasteiger partial charge in [-0.25, -0.2) is 9.97 Å². The molecule has 0 unspecified atom stereocenters. The summed E-state index contributed by atoms with van der Waals surface area (Å²) in [6, 6.07) is 15.0. The van der Waals surface area contributed by atoms with Crippen molar-refractivity contribution in [3.05, 3.63) is 77.7 Å². The van der Waals surface area contributed by atoms with Gasteiger partial charge in [0.1, 0.15) is 5.69 Å². The third kappa shape index (κ3) is 3.42. The van der Waals surface area contributed by atoms with Crippen molar-refractivity contribution in [3.63, 3.8) is 0 Å². The molecule has 3 aromatic rings. The molecular formula is C21H18N4O2. The van der Waals surface area contributed by atoms with Gasteiger partial charge in [-0.3, -0.25) is 9.59 Å². The largest absolute Gasteiger partial charge is 0.325 e. The van der Waals surface area contributed by atoms with E-state index in [0.29, 0.717) is 11.3 Å². The minimum Gasteiger partial charge on any atom is -0.325 e. The lowest BCUT2D eigenvalue weighted by Gasteiger charge is -2.17. The van der Waals surface area contributed by atoms with Crippen LogP contribution in [0.3, 0.4) is 0 Å². The Morgan fingerprint density at radius 1 is 1.04 bits per heavy atom. The summed E-state index contributed by atoms with van der Waals surface area (Å²) in [5.74, 6) is 0.299. The van der Waals surface area contributed by atoms with Crippen LogP contribution in [0.5, 0.6) is 0 Å². The molecule has 2 heterocycles. The molecule has 0 spiro atoms. The first-order valence-electron chi connectivity index (χ1n) is 8.71. The van der Waals surface area contributed by atoms with E-state index in [1.807, 2.05) is 12.1 Å². The molecule has 0 fully saturated rings. The number of benzene rings is 2. The number of rotatable bonds is 4. The van der Waals surface area contributed by atoms with Crippen molar-refractivity contribution in [1.82, 2.24) is 9.97 Å². The lowest BCUT2D eigenvalue weighted by molar-refractivity contribution is 0.100. The zero-order valence-corrected chi connectivity index (χ0v) is 14.8. The maximum absolute atomic E-state index is 12.4. The van der Waals surface area contributed by atoms with Gasteiger partial charge in [-0.1, -0.05) is 30.3 Å². The normalized spacial score (nSPS) is 12.6. The summed E-state index contributed by atoms with van der Waals surface area (Å²) < 4.78 is 0. The van der Waals surface area contributed by atoms with E-state index in [-0.39, 0.29) is 17.4 Å². The summed E-state index contributed by atoms with van der Waals surface area (Å²) in [5, 5.41) is 2.75. The molecule has 0 saturated heterocycles. The minimum absolute atomic E-state index is 0.0545. The summed E-state index contributed by atoms with van der Waals surface area (Å²) in [5.41, 5.74) is 3.73. The van der Waals surface area contributed by atoms with Gasteiger partial charge in [-0.05, 0) is 37.1 Å². The van der Waals surface area contributed by atoms with E-state index in [0.717, 1.165) is 24.5 Å². The van der Waals surface area contributed by atoms with Crippen LogP contribution in [0.2, 0.25) is 0 Å². The number of carbonyl (C=O) groups is 2. The molecule has 0 radical (unpaired) electrons. The number of ketones is 1. The fourth-order valence-corrected chi connectivity index (χ4v) is 3.17. The standard InChI is InChI=1S/C21H18N4O2/c1-14(26)16-6-4-7-17(11-16)24-21(27)18-12-23-20(13-22-18)25-10-9-15-5-2-3-8-19(15)25/h2-8,11-13H,9-10H2,1H3,(H,24,27). The molecule has 0 atom stereocenters. The first-order chi connectivity index (χ1) is 13.1. The summed E-state index contributed by atoms with van der Waals surface area (Å²) in [7, 11) is 0. The van der Waals surface area contributed by atoms with Crippen molar-refractivity contribution in [1.29, 1.82) is 0 Å². The molecule has 4 rings (SSSR count). The molecule has 1 aliphatic heterocycles. The zero-order valence-electron chi connectivity index (χ0n) is 14.8. The van der Waals surface area contributed by atoms with Gasteiger partial charge >= 0.3 is 0 Å². The maximum atomic E-state index is 12.4. The van der Waals surface area contributed by atoms with Crippen molar-refractivity contribution in [2.75, 3.05) is 16.8 Å². The van der Waals surface area contributed by atoms with Crippen molar-refractivity contribution in [2.24, 2.45) is 0 Å². The van der Waals surface area contributed by atoms with Crippen LogP contribution in [0.4, 0.5) is 17.2 Å². The highest BCUT2D eigenvalue weighted by atomic mass is 16.2. The first kappa shape index (κ1) is 16.9. The predicted molar refractivity (Wildman–Crippen MR) is 104 cm³/mol. The van der Waals surface area contributed by atoms with E-state index in [1.54, 1.807) is 30.5 Å². The second-order valence-electron chi connectivity index (χ2n) is 6.38. The second kappa shape index (κ2) is 6.99. The van der Waals surface area contributed by atoms with Gasteiger partial charge in [-0.15, -0.1) is 0 Å². The van der Waals surface area contributed by atoms with Crippen LogP contribution in [-0.2, 0) is 6.42 Å². The highest BCUT2D eigenvalue weighted by molar-refractivity contribution is 6.03. The fourth-order valence-electron chi connectivity index (χ4n) is 3.17. The Kier molecular flexibility index (Phi) is 4.38. The third-order valence-electron chi connectivity index (χ3n) is 4.56. The zero-order chi connectivity index (χ0) is 18.8. The number of nitrogens with zero attached hydrogens (tertiary/aromatic N) is 3. The number of para-hydroxylation sites is 1. The highest BCUT2D eigenvalue weighted by Crippen LogP contribution is 2.32. The van der Waals surface area contributed by atoms with Gasteiger partial charge in [-0.2, -0.15) is 0 Å². The molecule has 6 heteroatoms. The molecule has 1 aliphatic rings. The van der Waals surface area contributed by atoms with E-state index >= 15 is 0 Å². The molecule has 0 saturated carbocycles. The van der Waals surface area contributed by atoms with Gasteiger partial charge in [0, 0.05) is 23.5 Å². The number of hydrogen-bond acceptors (Lipinski definition) is 5. The van der Waals surface area contributed by atoms with E-state index < -0.39 is 0 Å². The lowest BCUT2D eigenvalue weighted by Crippen LogP contribution is -2.18. The van der Waals surface area contributed by atoms with E-state index in [9.17, 15) is 9.59 Å². The number of anilines is 3. The molecule has 134 valence electrons. The van der Waals surface area contributed by atoms with Crippen LogP contribution in [0.1, 0.15) is 33.3 Å². The molecule has 1 amide bonds. The molecule has 1 N–H and O–H groups in total. The van der Waals surface area contributed by atoms with E-state index in [4.69, 9.17) is 0 Å². The Labute approximate surface area is 156 Å². The highest BCUT2D eigenvalue weighted by Gasteiger charge is 2.21. The molecule has 2 aromatic carbocycles. The topological polar surface area (TPSA) is 75.2 Å². The van der Waals surface area contributed by atoms with E-state index in [2.05, 4.69) is 32.3 Å². The average molecular weight is 358 g/mol. The Bertz CT molecular complexity index is 1010. The number of carbonyl (C=O) groups excluding carboxylic acids is 2. The van der Waals surface area contributed by atoms with Gasteiger partial charge in [0.25, 0.3) is 5.91 Å². The van der Waals surface area contributed by atoms with Crippen molar-refractivity contribution < 1.29 is 9.59 Å². The quantitative estimate of drug-likeness (QED) is 0.721. The Morgan fingerprint density at radius 2 is 1.89 bits per heavy atom. The van der Waals surface area contributed by atoms with Gasteiger partial charge in [0.05, 0.1) is 12.4 Å². The molecule has 27 heavy (non-hydrogen) atoms. The molecule has 6 nitrogen and oxygen atoms in total. The monoisotopic (exact) mass is 358 g/mol. The van der Waals surface area contributed by atoms with Crippen LogP contribution in [0.15, 0.2) is 60.9 Å². The number of Topliss-reactive ketones (excluding diaryl/α,β-unsaturated/α-hetero) is 1. The SMILES string of the molecule is CC(=O)c1cccc(NC(=O)c2cnc(N3CCc4ccccc43)cn2)c1. The Balaban J connectivity index is 1.50. The van der Waals surface area contributed by atoms with E-state index in [1.165, 1.54) is 18.7 Å². The molecule has 0 aliphatic carbocycles. The minimum atomic E-state index is -0.364. The fraction of sp³-hybridized carbons (Fsp3) is 0.143. The number of amides is 1. The predicted octanol–water partition coefficient (Wildman–Crippen LogP) is 3.63. The lowest BCUT2D eigenvalue weighted by atomic mass is 10.1. The molecule has 1 aromatic heterocycles. The van der Waals surface area contributed by atoms with Crippen molar-refractivity contribution >= 4 is 28.9 Å². The summed E-state index contributed by atoms with van der Waals surface area (Å²) in [6.07, 6.45) is 4.05. The number of nitrogens with one attached hydrogen (secondary N) is 1. The van der Waals surface area contributed by atoms with Gasteiger partial charge in [0.15, 0.2) is 11.6 Å². The van der Waals surface area contributed by atoms with Crippen molar-refractivity contribution in [2.45, 2.75) is 13.3 Å². The molecule has 0 bridgehead atoms. The number of fused-ring (bicyclic) bond motifs is 1.